The van der Waals surface area contributed by atoms with Crippen molar-refractivity contribution in [3.8, 4) is 0 Å². The second kappa shape index (κ2) is 5.27. The number of amides is 1. The third-order valence-corrected chi connectivity index (χ3v) is 3.13. The van der Waals surface area contributed by atoms with Crippen LogP contribution >= 0.6 is 0 Å². The molecule has 0 radical (unpaired) electrons. The fourth-order valence-electron chi connectivity index (χ4n) is 2.09. The summed E-state index contributed by atoms with van der Waals surface area (Å²) in [6.07, 6.45) is 1.45. The van der Waals surface area contributed by atoms with Crippen LogP contribution in [-0.2, 0) is 4.79 Å². The molecule has 17 heavy (non-hydrogen) atoms. The Balaban J connectivity index is 1.87. The van der Waals surface area contributed by atoms with Crippen molar-refractivity contribution >= 4 is 5.91 Å². The molecule has 0 bridgehead atoms. The van der Waals surface area contributed by atoms with Crippen LogP contribution in [0, 0.1) is 5.82 Å². The smallest absolute Gasteiger partial charge is 0.220 e. The van der Waals surface area contributed by atoms with Crippen LogP contribution in [0.4, 0.5) is 4.39 Å². The molecule has 0 saturated carbocycles. The molecule has 2 rings (SSSR count). The molecule has 1 aromatic rings. The third kappa shape index (κ3) is 3.03. The average Bonchev–Trinajstić information content (AvgIpc) is 2.73. The molecule has 4 heteroatoms. The Morgan fingerprint density at radius 2 is 2.29 bits per heavy atom. The van der Waals surface area contributed by atoms with Gasteiger partial charge in [-0.1, -0.05) is 18.2 Å². The van der Waals surface area contributed by atoms with Gasteiger partial charge in [0.2, 0.25) is 5.91 Å². The van der Waals surface area contributed by atoms with Crippen molar-refractivity contribution in [3.05, 3.63) is 35.6 Å². The molecule has 2 atom stereocenters. The number of halogens is 1. The lowest BCUT2D eigenvalue weighted by Crippen LogP contribution is -2.36. The van der Waals surface area contributed by atoms with E-state index in [1.54, 1.807) is 12.1 Å². The van der Waals surface area contributed by atoms with Gasteiger partial charge in [-0.3, -0.25) is 4.79 Å². The molecular weight excluding hydrogens is 219 g/mol. The first kappa shape index (κ1) is 12.0. The summed E-state index contributed by atoms with van der Waals surface area (Å²) in [5.74, 6) is -0.0849. The minimum atomic E-state index is -0.192. The molecule has 1 saturated heterocycles. The van der Waals surface area contributed by atoms with Gasteiger partial charge in [-0.2, -0.15) is 0 Å². The Kier molecular flexibility index (Phi) is 3.74. The molecule has 2 N–H and O–H groups in total. The first-order valence-electron chi connectivity index (χ1n) is 5.94. The highest BCUT2D eigenvalue weighted by molar-refractivity contribution is 5.78. The average molecular weight is 236 g/mol. The van der Waals surface area contributed by atoms with Gasteiger partial charge in [-0.05, 0) is 19.4 Å². The molecule has 1 fully saturated rings. The van der Waals surface area contributed by atoms with Crippen LogP contribution in [0.5, 0.6) is 0 Å². The molecule has 1 unspecified atom stereocenters. The van der Waals surface area contributed by atoms with Crippen molar-refractivity contribution in [3.63, 3.8) is 0 Å². The second-order valence-corrected chi connectivity index (χ2v) is 4.45. The minimum absolute atomic E-state index is 0.0475. The topological polar surface area (TPSA) is 41.1 Å². The zero-order valence-corrected chi connectivity index (χ0v) is 9.87. The van der Waals surface area contributed by atoms with E-state index in [1.165, 1.54) is 6.07 Å². The minimum Gasteiger partial charge on any atom is -0.352 e. The largest absolute Gasteiger partial charge is 0.352 e. The van der Waals surface area contributed by atoms with Gasteiger partial charge in [0.25, 0.3) is 0 Å². The Labute approximate surface area is 100 Å². The fraction of sp³-hybridized carbons (Fsp3) is 0.462. The van der Waals surface area contributed by atoms with E-state index in [-0.39, 0.29) is 23.8 Å². The van der Waals surface area contributed by atoms with Crippen LogP contribution in [0.15, 0.2) is 24.3 Å². The van der Waals surface area contributed by atoms with E-state index in [4.69, 9.17) is 0 Å². The van der Waals surface area contributed by atoms with E-state index in [1.807, 2.05) is 13.0 Å². The van der Waals surface area contributed by atoms with Crippen molar-refractivity contribution in [2.45, 2.75) is 31.8 Å². The SMILES string of the molecule is C[C@@H](NCC1CCC(=O)N1)c1ccccc1F. The first-order chi connectivity index (χ1) is 8.16. The summed E-state index contributed by atoms with van der Waals surface area (Å²) in [5.41, 5.74) is 0.664. The molecule has 1 amide bonds. The van der Waals surface area contributed by atoms with Gasteiger partial charge in [-0.25, -0.2) is 4.39 Å². The van der Waals surface area contributed by atoms with Crippen LogP contribution in [0.2, 0.25) is 0 Å². The van der Waals surface area contributed by atoms with Crippen molar-refractivity contribution < 1.29 is 9.18 Å². The normalized spacial score (nSPS) is 21.3. The summed E-state index contributed by atoms with van der Waals surface area (Å²) in [5, 5.41) is 6.13. The fourth-order valence-corrected chi connectivity index (χ4v) is 2.09. The van der Waals surface area contributed by atoms with Gasteiger partial charge in [-0.15, -0.1) is 0 Å². The first-order valence-corrected chi connectivity index (χ1v) is 5.94. The van der Waals surface area contributed by atoms with Crippen LogP contribution in [0.3, 0.4) is 0 Å². The van der Waals surface area contributed by atoms with Gasteiger partial charge in [0.05, 0.1) is 0 Å². The maximum absolute atomic E-state index is 13.5. The zero-order valence-electron chi connectivity index (χ0n) is 9.87. The lowest BCUT2D eigenvalue weighted by Gasteiger charge is -2.18. The van der Waals surface area contributed by atoms with Crippen molar-refractivity contribution in [2.75, 3.05) is 6.54 Å². The van der Waals surface area contributed by atoms with Crippen LogP contribution in [0.25, 0.3) is 0 Å². The molecule has 0 spiro atoms. The highest BCUT2D eigenvalue weighted by atomic mass is 19.1. The summed E-state index contributed by atoms with van der Waals surface area (Å²) in [6, 6.07) is 6.88. The number of carbonyl (C=O) groups excluding carboxylic acids is 1. The van der Waals surface area contributed by atoms with E-state index in [0.717, 1.165) is 6.42 Å². The lowest BCUT2D eigenvalue weighted by atomic mass is 10.1. The standard InChI is InChI=1S/C13H17FN2O/c1-9(11-4-2-3-5-12(11)14)15-8-10-6-7-13(17)16-10/h2-5,9-10,15H,6-8H2,1H3,(H,16,17)/t9-,10?/m1/s1. The number of carbonyl (C=O) groups is 1. The van der Waals surface area contributed by atoms with Crippen molar-refractivity contribution in [1.29, 1.82) is 0 Å². The summed E-state index contributed by atoms with van der Waals surface area (Å²) in [7, 11) is 0. The van der Waals surface area contributed by atoms with Gasteiger partial charge in [0, 0.05) is 30.6 Å². The van der Waals surface area contributed by atoms with E-state index in [2.05, 4.69) is 10.6 Å². The van der Waals surface area contributed by atoms with Gasteiger partial charge in [0.1, 0.15) is 5.82 Å². The van der Waals surface area contributed by atoms with E-state index in [9.17, 15) is 9.18 Å². The monoisotopic (exact) mass is 236 g/mol. The second-order valence-electron chi connectivity index (χ2n) is 4.45. The number of hydrogen-bond acceptors (Lipinski definition) is 2. The molecule has 1 aliphatic rings. The lowest BCUT2D eigenvalue weighted by molar-refractivity contribution is -0.119. The highest BCUT2D eigenvalue weighted by Crippen LogP contribution is 2.16. The molecule has 92 valence electrons. The summed E-state index contributed by atoms with van der Waals surface area (Å²) < 4.78 is 13.5. The van der Waals surface area contributed by atoms with E-state index in [0.29, 0.717) is 18.5 Å². The Bertz CT molecular complexity index is 408. The zero-order chi connectivity index (χ0) is 12.3. The van der Waals surface area contributed by atoms with Crippen LogP contribution < -0.4 is 10.6 Å². The van der Waals surface area contributed by atoms with Gasteiger partial charge >= 0.3 is 0 Å². The van der Waals surface area contributed by atoms with E-state index < -0.39 is 0 Å². The molecule has 0 aromatic heterocycles. The van der Waals surface area contributed by atoms with E-state index >= 15 is 0 Å². The molecular formula is C13H17FN2O. The number of hydrogen-bond donors (Lipinski definition) is 2. The highest BCUT2D eigenvalue weighted by Gasteiger charge is 2.21. The van der Waals surface area contributed by atoms with Gasteiger partial charge < -0.3 is 10.6 Å². The molecule has 1 heterocycles. The number of benzene rings is 1. The summed E-state index contributed by atoms with van der Waals surface area (Å²) >= 11 is 0. The summed E-state index contributed by atoms with van der Waals surface area (Å²) in [6.45, 7) is 2.61. The van der Waals surface area contributed by atoms with Crippen LogP contribution in [0.1, 0.15) is 31.4 Å². The Morgan fingerprint density at radius 3 is 2.94 bits per heavy atom. The molecule has 0 aliphatic carbocycles. The summed E-state index contributed by atoms with van der Waals surface area (Å²) in [4.78, 5) is 11.0. The number of rotatable bonds is 4. The molecule has 3 nitrogen and oxygen atoms in total. The quantitative estimate of drug-likeness (QED) is 0.836. The predicted octanol–water partition coefficient (Wildman–Crippen LogP) is 1.75. The molecule has 1 aromatic carbocycles. The maximum atomic E-state index is 13.5. The van der Waals surface area contributed by atoms with Crippen molar-refractivity contribution in [2.24, 2.45) is 0 Å². The van der Waals surface area contributed by atoms with Crippen molar-refractivity contribution in [1.82, 2.24) is 10.6 Å². The molecule has 1 aliphatic heterocycles. The number of nitrogens with one attached hydrogen (secondary N) is 2. The Morgan fingerprint density at radius 1 is 1.53 bits per heavy atom. The van der Waals surface area contributed by atoms with Gasteiger partial charge in [0.15, 0.2) is 0 Å². The maximum Gasteiger partial charge on any atom is 0.220 e. The predicted molar refractivity (Wildman–Crippen MR) is 64.0 cm³/mol. The van der Waals surface area contributed by atoms with Crippen LogP contribution in [-0.4, -0.2) is 18.5 Å². The Hall–Kier alpha value is -1.42. The third-order valence-electron chi connectivity index (χ3n) is 3.13.